The number of fused-ring (bicyclic) bond motifs is 1. The summed E-state index contributed by atoms with van der Waals surface area (Å²) in [6, 6.07) is 10.3. The monoisotopic (exact) mass is 284 g/mol. The number of nitrogens with one attached hydrogen (secondary N) is 1. The molecule has 1 atom stereocenters. The lowest BCUT2D eigenvalue weighted by molar-refractivity contribution is 0.227. The van der Waals surface area contributed by atoms with Crippen LogP contribution in [0, 0.1) is 6.92 Å². The fraction of sp³-hybridized carbons (Fsp3) is 0.353. The maximum absolute atomic E-state index is 5.95. The normalized spacial score (nSPS) is 16.4. The maximum atomic E-state index is 5.95. The van der Waals surface area contributed by atoms with Gasteiger partial charge in [0.05, 0.1) is 7.11 Å². The second-order valence-electron chi connectivity index (χ2n) is 5.39. The number of aromatic nitrogens is 1. The number of hydrogen-bond donors (Lipinski definition) is 1. The standard InChI is InChI=1S/C17H20N2O2/c1-12-3-4-16-14(7-12)9-15(21-16)11-18-10-13-5-6-19-17(8-13)20-2/h3-8,15,18H,9-11H2,1-2H3. The molecule has 0 bridgehead atoms. The van der Waals surface area contributed by atoms with Crippen molar-refractivity contribution in [3.8, 4) is 11.6 Å². The second kappa shape index (κ2) is 6.14. The third kappa shape index (κ3) is 3.34. The molecule has 0 saturated heterocycles. The number of aryl methyl sites for hydroxylation is 1. The zero-order valence-corrected chi connectivity index (χ0v) is 12.4. The summed E-state index contributed by atoms with van der Waals surface area (Å²) in [6.07, 6.45) is 2.95. The van der Waals surface area contributed by atoms with E-state index >= 15 is 0 Å². The minimum absolute atomic E-state index is 0.213. The minimum Gasteiger partial charge on any atom is -0.488 e. The van der Waals surface area contributed by atoms with Gasteiger partial charge in [0.25, 0.3) is 0 Å². The molecule has 2 heterocycles. The van der Waals surface area contributed by atoms with Crippen LogP contribution in [0.3, 0.4) is 0 Å². The summed E-state index contributed by atoms with van der Waals surface area (Å²) in [7, 11) is 1.63. The Hall–Kier alpha value is -2.07. The molecule has 110 valence electrons. The van der Waals surface area contributed by atoms with Gasteiger partial charge in [-0.1, -0.05) is 17.7 Å². The first-order chi connectivity index (χ1) is 10.2. The molecule has 1 unspecified atom stereocenters. The zero-order chi connectivity index (χ0) is 14.7. The molecular formula is C17H20N2O2. The first-order valence-corrected chi connectivity index (χ1v) is 7.20. The number of nitrogens with zero attached hydrogens (tertiary/aromatic N) is 1. The van der Waals surface area contributed by atoms with Crippen LogP contribution in [0.25, 0.3) is 0 Å². The van der Waals surface area contributed by atoms with Crippen LogP contribution < -0.4 is 14.8 Å². The van der Waals surface area contributed by atoms with Crippen molar-refractivity contribution >= 4 is 0 Å². The van der Waals surface area contributed by atoms with Gasteiger partial charge in [-0.25, -0.2) is 4.98 Å². The van der Waals surface area contributed by atoms with E-state index < -0.39 is 0 Å². The molecule has 4 nitrogen and oxygen atoms in total. The van der Waals surface area contributed by atoms with E-state index in [1.165, 1.54) is 11.1 Å². The van der Waals surface area contributed by atoms with Gasteiger partial charge in [-0.2, -0.15) is 0 Å². The van der Waals surface area contributed by atoms with Gasteiger partial charge in [-0.15, -0.1) is 0 Å². The molecule has 4 heteroatoms. The van der Waals surface area contributed by atoms with Crippen LogP contribution in [0.4, 0.5) is 0 Å². The Bertz CT molecular complexity index is 628. The summed E-state index contributed by atoms with van der Waals surface area (Å²) in [4.78, 5) is 4.10. The summed E-state index contributed by atoms with van der Waals surface area (Å²) < 4.78 is 11.1. The lowest BCUT2D eigenvalue weighted by atomic mass is 10.1. The van der Waals surface area contributed by atoms with E-state index in [1.54, 1.807) is 13.3 Å². The van der Waals surface area contributed by atoms with Gasteiger partial charge in [-0.05, 0) is 30.2 Å². The average Bonchev–Trinajstić information content (AvgIpc) is 2.89. The molecule has 1 aromatic heterocycles. The van der Waals surface area contributed by atoms with Crippen molar-refractivity contribution in [1.29, 1.82) is 0 Å². The third-order valence-electron chi connectivity index (χ3n) is 3.67. The lowest BCUT2D eigenvalue weighted by Crippen LogP contribution is -2.29. The Labute approximate surface area is 125 Å². The number of methoxy groups -OCH3 is 1. The third-order valence-corrected chi connectivity index (χ3v) is 3.67. The van der Waals surface area contributed by atoms with Crippen molar-refractivity contribution in [2.45, 2.75) is 26.0 Å². The highest BCUT2D eigenvalue weighted by molar-refractivity contribution is 5.40. The first-order valence-electron chi connectivity index (χ1n) is 7.20. The van der Waals surface area contributed by atoms with Gasteiger partial charge in [0.1, 0.15) is 11.9 Å². The van der Waals surface area contributed by atoms with E-state index in [1.807, 2.05) is 12.1 Å². The largest absolute Gasteiger partial charge is 0.488 e. The summed E-state index contributed by atoms with van der Waals surface area (Å²) >= 11 is 0. The van der Waals surface area contributed by atoms with Crippen LogP contribution in [0.1, 0.15) is 16.7 Å². The summed E-state index contributed by atoms with van der Waals surface area (Å²) in [5, 5.41) is 3.44. The molecule has 0 radical (unpaired) electrons. The molecule has 1 N–H and O–H groups in total. The maximum Gasteiger partial charge on any atom is 0.213 e. The number of ether oxygens (including phenoxy) is 2. The molecule has 0 spiro atoms. The number of benzene rings is 1. The van der Waals surface area contributed by atoms with E-state index in [0.29, 0.717) is 5.88 Å². The fourth-order valence-corrected chi connectivity index (χ4v) is 2.61. The van der Waals surface area contributed by atoms with Gasteiger partial charge < -0.3 is 14.8 Å². The highest BCUT2D eigenvalue weighted by atomic mass is 16.5. The van der Waals surface area contributed by atoms with E-state index in [2.05, 4.69) is 35.4 Å². The van der Waals surface area contributed by atoms with Crippen LogP contribution >= 0.6 is 0 Å². The SMILES string of the molecule is COc1cc(CNCC2Cc3cc(C)ccc3O2)ccn1. The van der Waals surface area contributed by atoms with Gasteiger partial charge >= 0.3 is 0 Å². The molecule has 1 aliphatic rings. The average molecular weight is 284 g/mol. The van der Waals surface area contributed by atoms with E-state index in [0.717, 1.165) is 30.8 Å². The molecule has 1 aliphatic heterocycles. The first kappa shape index (κ1) is 13.9. The molecule has 0 saturated carbocycles. The number of hydrogen-bond acceptors (Lipinski definition) is 4. The quantitative estimate of drug-likeness (QED) is 0.916. The Balaban J connectivity index is 1.51. The number of pyridine rings is 1. The number of rotatable bonds is 5. The molecule has 0 fully saturated rings. The molecule has 21 heavy (non-hydrogen) atoms. The van der Waals surface area contributed by atoms with Crippen molar-refractivity contribution in [3.63, 3.8) is 0 Å². The minimum atomic E-state index is 0.213. The van der Waals surface area contributed by atoms with Crippen LogP contribution in [0.2, 0.25) is 0 Å². The molecule has 1 aromatic carbocycles. The molecule has 0 aliphatic carbocycles. The predicted molar refractivity (Wildman–Crippen MR) is 81.8 cm³/mol. The molecular weight excluding hydrogens is 264 g/mol. The second-order valence-corrected chi connectivity index (χ2v) is 5.39. The molecule has 2 aromatic rings. The van der Waals surface area contributed by atoms with Gasteiger partial charge in [0.2, 0.25) is 5.88 Å². The summed E-state index contributed by atoms with van der Waals surface area (Å²) in [6.45, 7) is 3.73. The topological polar surface area (TPSA) is 43.4 Å². The van der Waals surface area contributed by atoms with E-state index in [4.69, 9.17) is 9.47 Å². The van der Waals surface area contributed by atoms with Crippen molar-refractivity contribution in [2.24, 2.45) is 0 Å². The Morgan fingerprint density at radius 3 is 3.10 bits per heavy atom. The zero-order valence-electron chi connectivity index (χ0n) is 12.4. The van der Waals surface area contributed by atoms with Crippen LogP contribution in [-0.2, 0) is 13.0 Å². The van der Waals surface area contributed by atoms with Gasteiger partial charge in [0, 0.05) is 31.8 Å². The summed E-state index contributed by atoms with van der Waals surface area (Å²) in [5.41, 5.74) is 3.76. The highest BCUT2D eigenvalue weighted by Crippen LogP contribution is 2.29. The van der Waals surface area contributed by atoms with Crippen LogP contribution in [-0.4, -0.2) is 24.7 Å². The van der Waals surface area contributed by atoms with Crippen LogP contribution in [0.15, 0.2) is 36.5 Å². The molecule has 3 rings (SSSR count). The van der Waals surface area contributed by atoms with E-state index in [9.17, 15) is 0 Å². The predicted octanol–water partition coefficient (Wildman–Crippen LogP) is 2.49. The van der Waals surface area contributed by atoms with Crippen LogP contribution in [0.5, 0.6) is 11.6 Å². The van der Waals surface area contributed by atoms with Crippen molar-refractivity contribution in [1.82, 2.24) is 10.3 Å². The summed E-state index contributed by atoms with van der Waals surface area (Å²) in [5.74, 6) is 1.67. The highest BCUT2D eigenvalue weighted by Gasteiger charge is 2.22. The Kier molecular flexibility index (Phi) is 4.06. The smallest absolute Gasteiger partial charge is 0.213 e. The van der Waals surface area contributed by atoms with Gasteiger partial charge in [0.15, 0.2) is 0 Å². The van der Waals surface area contributed by atoms with Crippen molar-refractivity contribution in [3.05, 3.63) is 53.2 Å². The van der Waals surface area contributed by atoms with E-state index in [-0.39, 0.29) is 6.10 Å². The van der Waals surface area contributed by atoms with Crippen molar-refractivity contribution in [2.75, 3.05) is 13.7 Å². The Morgan fingerprint density at radius 1 is 1.33 bits per heavy atom. The Morgan fingerprint density at radius 2 is 2.24 bits per heavy atom. The van der Waals surface area contributed by atoms with Gasteiger partial charge in [-0.3, -0.25) is 0 Å². The molecule has 0 amide bonds. The fourth-order valence-electron chi connectivity index (χ4n) is 2.61. The van der Waals surface area contributed by atoms with Crippen molar-refractivity contribution < 1.29 is 9.47 Å². The lowest BCUT2D eigenvalue weighted by Gasteiger charge is -2.12.